The molecule has 0 bridgehead atoms. The molecule has 3 saturated heterocycles. The molecule has 14 heteroatoms. The van der Waals surface area contributed by atoms with E-state index in [1.54, 1.807) is 0 Å². The third kappa shape index (κ3) is 4.06. The average Bonchev–Trinajstić information content (AvgIpc) is 3.10. The minimum absolute atomic E-state index is 0.136. The first-order valence-electron chi connectivity index (χ1n) is 9.49. The fourth-order valence-corrected chi connectivity index (χ4v) is 10.5. The Bertz CT molecular complexity index is 1200. The predicted molar refractivity (Wildman–Crippen MR) is 112 cm³/mol. The van der Waals surface area contributed by atoms with Gasteiger partial charge in [0.05, 0.1) is 52.8 Å². The van der Waals surface area contributed by atoms with Crippen LogP contribution in [0.5, 0.6) is 5.75 Å². The number of hydrogen-bond donors (Lipinski definition) is 2. The quantitative estimate of drug-likeness (QED) is 0.514. The van der Waals surface area contributed by atoms with Crippen LogP contribution < -0.4 is 15.4 Å². The molecule has 3 fully saturated rings. The topological polar surface area (TPSA) is 156 Å². The van der Waals surface area contributed by atoms with Crippen LogP contribution in [0.4, 0.5) is 5.69 Å². The van der Waals surface area contributed by atoms with Gasteiger partial charge in [-0.3, -0.25) is 4.79 Å². The van der Waals surface area contributed by atoms with E-state index >= 15 is 0 Å². The highest BCUT2D eigenvalue weighted by Gasteiger charge is 2.57. The van der Waals surface area contributed by atoms with Gasteiger partial charge in [0.1, 0.15) is 5.75 Å². The molecular weight excluding hydrogens is 470 g/mol. The highest BCUT2D eigenvalue weighted by molar-refractivity contribution is 7.92. The number of carbonyl (C=O) groups excluding carboxylic acids is 1. The number of sulfone groups is 2. The molecule has 0 unspecified atom stereocenters. The van der Waals surface area contributed by atoms with Crippen molar-refractivity contribution in [2.45, 2.75) is 36.0 Å². The van der Waals surface area contributed by atoms with Gasteiger partial charge >= 0.3 is 0 Å². The summed E-state index contributed by atoms with van der Waals surface area (Å²) in [6.07, 6.45) is 0. The number of ether oxygens (including phenoxy) is 1. The van der Waals surface area contributed by atoms with Crippen LogP contribution in [0.15, 0.2) is 23.1 Å². The molecule has 3 heterocycles. The molecule has 31 heavy (non-hydrogen) atoms. The summed E-state index contributed by atoms with van der Waals surface area (Å²) < 4.78 is 82.7. The van der Waals surface area contributed by atoms with Gasteiger partial charge in [0.15, 0.2) is 19.7 Å². The number of anilines is 1. The molecule has 2 N–H and O–H groups in total. The number of sulfonamides is 1. The van der Waals surface area contributed by atoms with Crippen molar-refractivity contribution < 1.29 is 34.8 Å². The van der Waals surface area contributed by atoms with Crippen LogP contribution in [-0.2, 0) is 34.5 Å². The molecule has 3 aliphatic heterocycles. The van der Waals surface area contributed by atoms with Crippen LogP contribution in [0.2, 0.25) is 0 Å². The third-order valence-electron chi connectivity index (χ3n) is 5.78. The predicted octanol–water partition coefficient (Wildman–Crippen LogP) is -1.42. The fraction of sp³-hybridized carbons (Fsp3) is 0.588. The van der Waals surface area contributed by atoms with E-state index < -0.39 is 59.8 Å². The van der Waals surface area contributed by atoms with Gasteiger partial charge in [-0.05, 0) is 18.2 Å². The van der Waals surface area contributed by atoms with E-state index in [-0.39, 0.29) is 39.3 Å². The first-order valence-corrected chi connectivity index (χ1v) is 14.6. The number of rotatable bonds is 4. The van der Waals surface area contributed by atoms with Gasteiger partial charge in [-0.25, -0.2) is 25.3 Å². The van der Waals surface area contributed by atoms with Gasteiger partial charge in [0, 0.05) is 19.0 Å². The molecule has 0 saturated carbocycles. The molecule has 0 spiro atoms. The van der Waals surface area contributed by atoms with Gasteiger partial charge in [-0.1, -0.05) is 0 Å². The lowest BCUT2D eigenvalue weighted by molar-refractivity contribution is -0.114. The summed E-state index contributed by atoms with van der Waals surface area (Å²) in [5.74, 6) is -1.47. The van der Waals surface area contributed by atoms with E-state index in [1.165, 1.54) is 32.2 Å². The second-order valence-electron chi connectivity index (χ2n) is 8.05. The molecule has 0 aromatic heterocycles. The molecule has 4 atom stereocenters. The number of hydrogen-bond acceptors (Lipinski definition) is 9. The summed E-state index contributed by atoms with van der Waals surface area (Å²) in [5.41, 5.74) is 0.136. The van der Waals surface area contributed by atoms with Crippen molar-refractivity contribution >= 4 is 41.3 Å². The SMILES string of the molecule is COc1ccc(S(=O)(=O)N2[C@@H]3CS(=O)(=O)C[C@@H]3N[C@H]3CS(=O)(=O)C[C@H]32)cc1NC(C)=O. The van der Waals surface area contributed by atoms with Crippen molar-refractivity contribution in [1.82, 2.24) is 9.62 Å². The highest BCUT2D eigenvalue weighted by atomic mass is 32.2. The standard InChI is InChI=1S/C17H23N3O8S3/c1-10(21)18-12-5-11(3-4-17(12)28-2)31(26,27)20-15-8-29(22,23)6-13(15)19-14-7-30(24,25)9-16(14)20/h3-5,13-16,19H,6-9H2,1-2H3,(H,18,21)/t13-,14-,15+,16+/m0/s1. The number of piperazine rings is 1. The molecule has 1 aromatic carbocycles. The second kappa shape index (κ2) is 7.40. The normalized spacial score (nSPS) is 31.5. The number of benzene rings is 1. The van der Waals surface area contributed by atoms with Crippen molar-refractivity contribution in [1.29, 1.82) is 0 Å². The van der Waals surface area contributed by atoms with E-state index in [0.29, 0.717) is 0 Å². The van der Waals surface area contributed by atoms with Crippen LogP contribution in [0.25, 0.3) is 0 Å². The van der Waals surface area contributed by atoms with Gasteiger partial charge in [-0.2, -0.15) is 4.31 Å². The maximum atomic E-state index is 13.7. The maximum Gasteiger partial charge on any atom is 0.243 e. The largest absolute Gasteiger partial charge is 0.495 e. The Hall–Kier alpha value is -1.74. The minimum Gasteiger partial charge on any atom is -0.495 e. The summed E-state index contributed by atoms with van der Waals surface area (Å²) in [6.45, 7) is 1.26. The van der Waals surface area contributed by atoms with E-state index in [4.69, 9.17) is 4.74 Å². The Balaban J connectivity index is 1.82. The molecular formula is C17H23N3O8S3. The lowest BCUT2D eigenvalue weighted by atomic mass is 10.0. The van der Waals surface area contributed by atoms with Crippen LogP contribution in [-0.4, -0.2) is 89.8 Å². The molecule has 4 rings (SSSR count). The monoisotopic (exact) mass is 493 g/mol. The van der Waals surface area contributed by atoms with E-state index in [2.05, 4.69) is 10.6 Å². The van der Waals surface area contributed by atoms with Crippen molar-refractivity contribution in [3.05, 3.63) is 18.2 Å². The first kappa shape index (κ1) is 22.5. The van der Waals surface area contributed by atoms with Crippen molar-refractivity contribution in [2.75, 3.05) is 35.4 Å². The van der Waals surface area contributed by atoms with Gasteiger partial charge < -0.3 is 15.4 Å². The molecule has 172 valence electrons. The average molecular weight is 494 g/mol. The Morgan fingerprint density at radius 2 is 1.61 bits per heavy atom. The smallest absolute Gasteiger partial charge is 0.243 e. The molecule has 1 aromatic rings. The fourth-order valence-electron chi connectivity index (χ4n) is 4.61. The molecule has 1 amide bonds. The van der Waals surface area contributed by atoms with Crippen LogP contribution >= 0.6 is 0 Å². The molecule has 0 aliphatic carbocycles. The number of nitrogens with zero attached hydrogens (tertiary/aromatic N) is 1. The summed E-state index contributed by atoms with van der Waals surface area (Å²) in [7, 11) is -9.92. The number of fused-ring (bicyclic) bond motifs is 2. The Morgan fingerprint density at radius 3 is 2.10 bits per heavy atom. The lowest BCUT2D eigenvalue weighted by Crippen LogP contribution is -2.67. The zero-order valence-corrected chi connectivity index (χ0v) is 19.3. The van der Waals surface area contributed by atoms with Gasteiger partial charge in [-0.15, -0.1) is 0 Å². The minimum atomic E-state index is -4.30. The summed E-state index contributed by atoms with van der Waals surface area (Å²) in [6, 6.07) is 0.676. The zero-order chi connectivity index (χ0) is 22.8. The summed E-state index contributed by atoms with van der Waals surface area (Å²) >= 11 is 0. The van der Waals surface area contributed by atoms with Crippen molar-refractivity contribution in [3.8, 4) is 5.75 Å². The number of methoxy groups -OCH3 is 1. The Kier molecular flexibility index (Phi) is 5.36. The van der Waals surface area contributed by atoms with Crippen molar-refractivity contribution in [2.24, 2.45) is 0 Å². The lowest BCUT2D eigenvalue weighted by Gasteiger charge is -2.43. The van der Waals surface area contributed by atoms with E-state index in [9.17, 15) is 30.0 Å². The molecule has 0 radical (unpaired) electrons. The Labute approximate surface area is 181 Å². The van der Waals surface area contributed by atoms with Crippen LogP contribution in [0, 0.1) is 0 Å². The maximum absolute atomic E-state index is 13.7. The van der Waals surface area contributed by atoms with E-state index in [0.717, 1.165) is 4.31 Å². The summed E-state index contributed by atoms with van der Waals surface area (Å²) in [4.78, 5) is 11.3. The highest BCUT2D eigenvalue weighted by Crippen LogP contribution is 2.37. The Morgan fingerprint density at radius 1 is 1.06 bits per heavy atom. The van der Waals surface area contributed by atoms with Crippen LogP contribution in [0.1, 0.15) is 6.92 Å². The second-order valence-corrected chi connectivity index (χ2v) is 14.2. The third-order valence-corrected chi connectivity index (χ3v) is 11.2. The van der Waals surface area contributed by atoms with Crippen LogP contribution in [0.3, 0.4) is 0 Å². The van der Waals surface area contributed by atoms with E-state index in [1.807, 2.05) is 0 Å². The number of carbonyl (C=O) groups is 1. The van der Waals surface area contributed by atoms with Gasteiger partial charge in [0.25, 0.3) is 0 Å². The molecule has 3 aliphatic rings. The number of amides is 1. The zero-order valence-electron chi connectivity index (χ0n) is 16.8. The van der Waals surface area contributed by atoms with Gasteiger partial charge in [0.2, 0.25) is 15.9 Å². The summed E-state index contributed by atoms with van der Waals surface area (Å²) in [5, 5.41) is 5.56. The van der Waals surface area contributed by atoms with Crippen molar-refractivity contribution in [3.63, 3.8) is 0 Å². The number of nitrogens with one attached hydrogen (secondary N) is 2. The molecule has 11 nitrogen and oxygen atoms in total. The first-order chi connectivity index (χ1) is 14.3.